The zero-order chi connectivity index (χ0) is 15.4. The van der Waals surface area contributed by atoms with Crippen LogP contribution in [0.15, 0.2) is 24.3 Å². The summed E-state index contributed by atoms with van der Waals surface area (Å²) in [6, 6.07) is 9.55. The minimum atomic E-state index is 0.194. The van der Waals surface area contributed by atoms with E-state index in [-0.39, 0.29) is 6.04 Å². The highest BCUT2D eigenvalue weighted by Crippen LogP contribution is 2.29. The predicted molar refractivity (Wildman–Crippen MR) is 92.2 cm³/mol. The maximum atomic E-state index is 4.86. The van der Waals surface area contributed by atoms with Crippen LogP contribution in [0.2, 0.25) is 0 Å². The van der Waals surface area contributed by atoms with Gasteiger partial charge in [0.2, 0.25) is 0 Å². The van der Waals surface area contributed by atoms with Gasteiger partial charge in [0, 0.05) is 10.9 Å². The smallest absolute Gasteiger partial charge is 0.115 e. The van der Waals surface area contributed by atoms with Crippen molar-refractivity contribution in [3.63, 3.8) is 0 Å². The lowest BCUT2D eigenvalue weighted by atomic mass is 10.0. The lowest BCUT2D eigenvalue weighted by Gasteiger charge is -2.20. The lowest BCUT2D eigenvalue weighted by Crippen LogP contribution is -2.29. The minimum Gasteiger partial charge on any atom is -0.302 e. The maximum Gasteiger partial charge on any atom is 0.115 e. The average Bonchev–Trinajstić information content (AvgIpc) is 2.85. The van der Waals surface area contributed by atoms with Gasteiger partial charge in [-0.25, -0.2) is 4.98 Å². The summed E-state index contributed by atoms with van der Waals surface area (Å²) in [5.41, 5.74) is 3.92. The lowest BCUT2D eigenvalue weighted by molar-refractivity contribution is 0.526. The van der Waals surface area contributed by atoms with E-state index in [1.54, 1.807) is 0 Å². The number of thiazole rings is 1. The molecule has 0 spiro atoms. The van der Waals surface area contributed by atoms with Crippen molar-refractivity contribution in [2.75, 3.05) is 0 Å². The Morgan fingerprint density at radius 1 is 1.10 bits per heavy atom. The number of hydrogen-bond acceptors (Lipinski definition) is 3. The maximum absolute atomic E-state index is 4.86. The van der Waals surface area contributed by atoms with Crippen LogP contribution in [0.3, 0.4) is 0 Å². The first kappa shape index (κ1) is 16.2. The Hall–Kier alpha value is -1.19. The van der Waals surface area contributed by atoms with Crippen molar-refractivity contribution in [1.29, 1.82) is 0 Å². The molecule has 0 radical (unpaired) electrons. The molecule has 2 nitrogen and oxygen atoms in total. The summed E-state index contributed by atoms with van der Waals surface area (Å²) in [6.45, 7) is 10.9. The third kappa shape index (κ3) is 3.92. The van der Waals surface area contributed by atoms with Crippen molar-refractivity contribution in [3.05, 3.63) is 51.0 Å². The number of hydrogen-bond donors (Lipinski definition) is 1. The molecular formula is C18H26N2S. The molecule has 0 fully saturated rings. The van der Waals surface area contributed by atoms with Gasteiger partial charge in [-0.1, -0.05) is 38.1 Å². The summed E-state index contributed by atoms with van der Waals surface area (Å²) >= 11 is 1.82. The van der Waals surface area contributed by atoms with Crippen LogP contribution in [-0.4, -0.2) is 11.0 Å². The standard InChI is InChI=1S/C18H26N2S/c1-6-14-8-10-15(11-9-14)17(19-12(3)4)18-20-16(7-2)13(5)21-18/h8-12,17,19H,6-7H2,1-5H3. The summed E-state index contributed by atoms with van der Waals surface area (Å²) in [5.74, 6) is 0. The van der Waals surface area contributed by atoms with E-state index in [2.05, 4.69) is 64.2 Å². The molecular weight excluding hydrogens is 276 g/mol. The Balaban J connectivity index is 2.36. The molecule has 21 heavy (non-hydrogen) atoms. The van der Waals surface area contributed by atoms with Gasteiger partial charge in [0.1, 0.15) is 5.01 Å². The molecule has 0 aliphatic carbocycles. The zero-order valence-corrected chi connectivity index (χ0v) is 14.6. The van der Waals surface area contributed by atoms with Crippen LogP contribution in [-0.2, 0) is 12.8 Å². The van der Waals surface area contributed by atoms with Crippen molar-refractivity contribution >= 4 is 11.3 Å². The molecule has 1 aromatic heterocycles. The second kappa shape index (κ2) is 7.19. The molecule has 0 aliphatic rings. The second-order valence-corrected chi connectivity index (χ2v) is 6.99. The summed E-state index contributed by atoms with van der Waals surface area (Å²) < 4.78 is 0. The van der Waals surface area contributed by atoms with E-state index in [4.69, 9.17) is 4.98 Å². The van der Waals surface area contributed by atoms with Gasteiger partial charge in [0.15, 0.2) is 0 Å². The molecule has 0 saturated heterocycles. The fraction of sp³-hybridized carbons (Fsp3) is 0.500. The van der Waals surface area contributed by atoms with E-state index in [9.17, 15) is 0 Å². The van der Waals surface area contributed by atoms with Gasteiger partial charge in [-0.2, -0.15) is 0 Å². The minimum absolute atomic E-state index is 0.194. The molecule has 3 heteroatoms. The Kier molecular flexibility index (Phi) is 5.54. The normalized spacial score (nSPS) is 12.9. The number of nitrogens with zero attached hydrogens (tertiary/aromatic N) is 1. The molecule has 0 saturated carbocycles. The first-order chi connectivity index (χ1) is 10.0. The fourth-order valence-corrected chi connectivity index (χ4v) is 3.59. The first-order valence-electron chi connectivity index (χ1n) is 7.86. The van der Waals surface area contributed by atoms with Gasteiger partial charge in [-0.05, 0) is 44.7 Å². The Labute approximate surface area is 132 Å². The monoisotopic (exact) mass is 302 g/mol. The van der Waals surface area contributed by atoms with Crippen LogP contribution >= 0.6 is 11.3 Å². The van der Waals surface area contributed by atoms with Crippen molar-refractivity contribution < 1.29 is 0 Å². The molecule has 1 atom stereocenters. The van der Waals surface area contributed by atoms with Crippen LogP contribution < -0.4 is 5.32 Å². The molecule has 1 unspecified atom stereocenters. The fourth-order valence-electron chi connectivity index (χ4n) is 2.49. The topological polar surface area (TPSA) is 24.9 Å². The Morgan fingerprint density at radius 2 is 1.76 bits per heavy atom. The molecule has 2 aromatic rings. The van der Waals surface area contributed by atoms with Gasteiger partial charge in [0.05, 0.1) is 11.7 Å². The third-order valence-corrected chi connectivity index (χ3v) is 4.79. The highest BCUT2D eigenvalue weighted by molar-refractivity contribution is 7.11. The first-order valence-corrected chi connectivity index (χ1v) is 8.67. The van der Waals surface area contributed by atoms with E-state index in [0.29, 0.717) is 6.04 Å². The number of rotatable bonds is 6. The summed E-state index contributed by atoms with van der Waals surface area (Å²) in [6.07, 6.45) is 2.09. The van der Waals surface area contributed by atoms with Crippen molar-refractivity contribution in [2.45, 2.75) is 59.5 Å². The van der Waals surface area contributed by atoms with E-state index in [0.717, 1.165) is 12.8 Å². The zero-order valence-electron chi connectivity index (χ0n) is 13.7. The number of nitrogens with one attached hydrogen (secondary N) is 1. The molecule has 0 amide bonds. The van der Waals surface area contributed by atoms with Gasteiger partial charge < -0.3 is 5.32 Å². The molecule has 0 aliphatic heterocycles. The summed E-state index contributed by atoms with van der Waals surface area (Å²) in [5, 5.41) is 4.85. The van der Waals surface area contributed by atoms with Gasteiger partial charge in [0.25, 0.3) is 0 Å². The van der Waals surface area contributed by atoms with E-state index in [1.165, 1.54) is 26.7 Å². The highest BCUT2D eigenvalue weighted by Gasteiger charge is 2.20. The second-order valence-electron chi connectivity index (χ2n) is 5.76. The Morgan fingerprint density at radius 3 is 2.24 bits per heavy atom. The Bertz CT molecular complexity index is 569. The molecule has 1 heterocycles. The van der Waals surface area contributed by atoms with E-state index in [1.807, 2.05) is 11.3 Å². The van der Waals surface area contributed by atoms with Crippen molar-refractivity contribution in [3.8, 4) is 0 Å². The highest BCUT2D eigenvalue weighted by atomic mass is 32.1. The largest absolute Gasteiger partial charge is 0.302 e. The van der Waals surface area contributed by atoms with Gasteiger partial charge >= 0.3 is 0 Å². The van der Waals surface area contributed by atoms with E-state index < -0.39 is 0 Å². The molecule has 0 bridgehead atoms. The number of aromatic nitrogens is 1. The summed E-state index contributed by atoms with van der Waals surface area (Å²) in [4.78, 5) is 6.20. The molecule has 114 valence electrons. The van der Waals surface area contributed by atoms with Gasteiger partial charge in [-0.3, -0.25) is 0 Å². The third-order valence-electron chi connectivity index (χ3n) is 3.71. The van der Waals surface area contributed by atoms with Crippen LogP contribution in [0.5, 0.6) is 0 Å². The molecule has 1 aromatic carbocycles. The number of benzene rings is 1. The van der Waals surface area contributed by atoms with Crippen molar-refractivity contribution in [2.24, 2.45) is 0 Å². The molecule has 1 N–H and O–H groups in total. The number of aryl methyl sites for hydroxylation is 3. The van der Waals surface area contributed by atoms with Crippen LogP contribution in [0.4, 0.5) is 0 Å². The van der Waals surface area contributed by atoms with Crippen molar-refractivity contribution in [1.82, 2.24) is 10.3 Å². The van der Waals surface area contributed by atoms with Crippen LogP contribution in [0, 0.1) is 6.92 Å². The summed E-state index contributed by atoms with van der Waals surface area (Å²) in [7, 11) is 0. The molecule has 2 rings (SSSR count). The van der Waals surface area contributed by atoms with Crippen LogP contribution in [0.25, 0.3) is 0 Å². The average molecular weight is 302 g/mol. The predicted octanol–water partition coefficient (Wildman–Crippen LogP) is 4.66. The van der Waals surface area contributed by atoms with E-state index >= 15 is 0 Å². The quantitative estimate of drug-likeness (QED) is 0.839. The van der Waals surface area contributed by atoms with Crippen LogP contribution in [0.1, 0.15) is 60.4 Å². The van der Waals surface area contributed by atoms with Gasteiger partial charge in [-0.15, -0.1) is 11.3 Å². The SMILES string of the molecule is CCc1ccc(C(NC(C)C)c2nc(CC)c(C)s2)cc1.